The van der Waals surface area contributed by atoms with Crippen LogP contribution in [0.2, 0.25) is 5.02 Å². The first-order valence-corrected chi connectivity index (χ1v) is 6.01. The van der Waals surface area contributed by atoms with E-state index in [0.717, 1.165) is 0 Å². The fourth-order valence-electron chi connectivity index (χ4n) is 1.53. The van der Waals surface area contributed by atoms with E-state index in [1.165, 1.54) is 31.4 Å². The highest BCUT2D eigenvalue weighted by molar-refractivity contribution is 6.34. The van der Waals surface area contributed by atoms with Gasteiger partial charge in [0.15, 0.2) is 5.69 Å². The van der Waals surface area contributed by atoms with Gasteiger partial charge in [-0.15, -0.1) is 0 Å². The first kappa shape index (κ1) is 14.1. The molecule has 104 valence electrons. The molecule has 1 amide bonds. The lowest BCUT2D eigenvalue weighted by Crippen LogP contribution is -2.13. The third-order valence-electron chi connectivity index (χ3n) is 2.50. The molecule has 0 atom stereocenters. The number of methoxy groups -OCH3 is 1. The number of benzene rings is 1. The first-order chi connectivity index (χ1) is 9.51. The number of nitrogens with zero attached hydrogens (tertiary/aromatic N) is 1. The molecule has 1 N–H and O–H groups in total. The highest BCUT2D eigenvalue weighted by Crippen LogP contribution is 2.24. The summed E-state index contributed by atoms with van der Waals surface area (Å²) in [6.45, 7) is 1.68. The number of nitrogens with one attached hydrogen (secondary N) is 1. The van der Waals surface area contributed by atoms with E-state index in [2.05, 4.69) is 15.2 Å². The van der Waals surface area contributed by atoms with Gasteiger partial charge in [-0.3, -0.25) is 4.79 Å². The largest absolute Gasteiger partial charge is 0.465 e. The summed E-state index contributed by atoms with van der Waals surface area (Å²) in [6, 6.07) is 5.92. The number of carbonyl (C=O) groups is 2. The molecule has 0 aliphatic heterocycles. The lowest BCUT2D eigenvalue weighted by atomic mass is 10.2. The van der Waals surface area contributed by atoms with Crippen molar-refractivity contribution in [3.63, 3.8) is 0 Å². The zero-order valence-electron chi connectivity index (χ0n) is 10.8. The molecule has 2 rings (SSSR count). The normalized spacial score (nSPS) is 10.2. The zero-order chi connectivity index (χ0) is 14.7. The maximum Gasteiger partial charge on any atom is 0.337 e. The molecule has 0 unspecified atom stereocenters. The molecule has 0 saturated heterocycles. The first-order valence-electron chi connectivity index (χ1n) is 5.64. The van der Waals surface area contributed by atoms with Crippen molar-refractivity contribution < 1.29 is 18.8 Å². The fraction of sp³-hybridized carbons (Fsp3) is 0.154. The summed E-state index contributed by atoms with van der Waals surface area (Å²) < 4.78 is 9.42. The van der Waals surface area contributed by atoms with Crippen molar-refractivity contribution in [2.24, 2.45) is 0 Å². The molecule has 1 heterocycles. The predicted octanol–water partition coefficient (Wildman–Crippen LogP) is 2.68. The lowest BCUT2D eigenvalue weighted by molar-refractivity contribution is 0.0600. The number of halogens is 1. The number of carbonyl (C=O) groups excluding carboxylic acids is 2. The van der Waals surface area contributed by atoms with Gasteiger partial charge in [-0.05, 0) is 25.1 Å². The molecular formula is C13H11ClN2O4. The van der Waals surface area contributed by atoms with Gasteiger partial charge in [0.2, 0.25) is 0 Å². The van der Waals surface area contributed by atoms with E-state index in [-0.39, 0.29) is 11.3 Å². The van der Waals surface area contributed by atoms with Gasteiger partial charge in [0, 0.05) is 6.07 Å². The summed E-state index contributed by atoms with van der Waals surface area (Å²) in [7, 11) is 1.27. The van der Waals surface area contributed by atoms with Crippen LogP contribution in [0.1, 0.15) is 26.6 Å². The Balaban J connectivity index is 2.24. The number of esters is 1. The van der Waals surface area contributed by atoms with Crippen molar-refractivity contribution in [1.82, 2.24) is 5.16 Å². The molecule has 0 aliphatic carbocycles. The van der Waals surface area contributed by atoms with E-state index in [9.17, 15) is 9.59 Å². The maximum absolute atomic E-state index is 11.9. The Morgan fingerprint density at radius 1 is 1.35 bits per heavy atom. The van der Waals surface area contributed by atoms with Crippen LogP contribution in [0, 0.1) is 6.92 Å². The van der Waals surface area contributed by atoms with Crippen molar-refractivity contribution in [3.8, 4) is 0 Å². The lowest BCUT2D eigenvalue weighted by Gasteiger charge is -2.07. The second kappa shape index (κ2) is 5.75. The molecule has 0 radical (unpaired) electrons. The van der Waals surface area contributed by atoms with Crippen LogP contribution in [0.5, 0.6) is 0 Å². The van der Waals surface area contributed by atoms with Crippen molar-refractivity contribution >= 4 is 29.2 Å². The maximum atomic E-state index is 11.9. The smallest absolute Gasteiger partial charge is 0.337 e. The minimum absolute atomic E-state index is 0.127. The number of aromatic nitrogens is 1. The average molecular weight is 295 g/mol. The number of ether oxygens (including phenoxy) is 1. The van der Waals surface area contributed by atoms with Gasteiger partial charge in [0.05, 0.1) is 23.4 Å². The monoisotopic (exact) mass is 294 g/mol. The van der Waals surface area contributed by atoms with E-state index in [1.54, 1.807) is 6.92 Å². The Morgan fingerprint density at radius 2 is 2.10 bits per heavy atom. The summed E-state index contributed by atoms with van der Waals surface area (Å²) in [5, 5.41) is 6.45. The number of anilines is 1. The van der Waals surface area contributed by atoms with E-state index in [4.69, 9.17) is 16.1 Å². The predicted molar refractivity (Wildman–Crippen MR) is 72.0 cm³/mol. The Morgan fingerprint density at radius 3 is 2.70 bits per heavy atom. The van der Waals surface area contributed by atoms with Crippen molar-refractivity contribution in [3.05, 3.63) is 46.3 Å². The number of aryl methyl sites for hydroxylation is 1. The van der Waals surface area contributed by atoms with Crippen LogP contribution in [0.25, 0.3) is 0 Å². The second-order valence-electron chi connectivity index (χ2n) is 3.96. The molecule has 0 bridgehead atoms. The van der Waals surface area contributed by atoms with Crippen LogP contribution < -0.4 is 5.32 Å². The van der Waals surface area contributed by atoms with Crippen LogP contribution in [-0.4, -0.2) is 24.1 Å². The minimum Gasteiger partial charge on any atom is -0.465 e. The van der Waals surface area contributed by atoms with E-state index in [0.29, 0.717) is 16.5 Å². The SMILES string of the molecule is COC(=O)c1ccc(Cl)c(NC(=O)c2cc(C)on2)c1. The van der Waals surface area contributed by atoms with Gasteiger partial charge >= 0.3 is 5.97 Å². The summed E-state index contributed by atoms with van der Waals surface area (Å²) in [5.74, 6) is -0.482. The topological polar surface area (TPSA) is 81.4 Å². The highest BCUT2D eigenvalue weighted by Gasteiger charge is 2.14. The van der Waals surface area contributed by atoms with Gasteiger partial charge in [-0.25, -0.2) is 4.79 Å². The van der Waals surface area contributed by atoms with E-state index < -0.39 is 11.9 Å². The Labute approximate surface area is 119 Å². The molecule has 2 aromatic rings. The Bertz CT molecular complexity index is 666. The molecule has 6 nitrogen and oxygen atoms in total. The van der Waals surface area contributed by atoms with Crippen molar-refractivity contribution in [2.45, 2.75) is 6.92 Å². The van der Waals surface area contributed by atoms with Gasteiger partial charge in [-0.1, -0.05) is 16.8 Å². The van der Waals surface area contributed by atoms with Gasteiger partial charge in [0.25, 0.3) is 5.91 Å². The molecule has 0 fully saturated rings. The summed E-state index contributed by atoms with van der Waals surface area (Å²) in [4.78, 5) is 23.4. The molecule has 1 aromatic heterocycles. The van der Waals surface area contributed by atoms with E-state index >= 15 is 0 Å². The Hall–Kier alpha value is -2.34. The van der Waals surface area contributed by atoms with Crippen LogP contribution in [0.3, 0.4) is 0 Å². The second-order valence-corrected chi connectivity index (χ2v) is 4.37. The van der Waals surface area contributed by atoms with Crippen molar-refractivity contribution in [1.29, 1.82) is 0 Å². The number of amides is 1. The fourth-order valence-corrected chi connectivity index (χ4v) is 1.69. The van der Waals surface area contributed by atoms with Crippen LogP contribution in [0.4, 0.5) is 5.69 Å². The number of rotatable bonds is 3. The van der Waals surface area contributed by atoms with Crippen LogP contribution in [0.15, 0.2) is 28.8 Å². The minimum atomic E-state index is -0.519. The number of hydrogen-bond acceptors (Lipinski definition) is 5. The van der Waals surface area contributed by atoms with E-state index in [1.807, 2.05) is 0 Å². The average Bonchev–Trinajstić information content (AvgIpc) is 2.87. The molecule has 7 heteroatoms. The third-order valence-corrected chi connectivity index (χ3v) is 2.83. The highest BCUT2D eigenvalue weighted by atomic mass is 35.5. The molecule has 20 heavy (non-hydrogen) atoms. The number of hydrogen-bond donors (Lipinski definition) is 1. The van der Waals surface area contributed by atoms with Gasteiger partial charge in [0.1, 0.15) is 5.76 Å². The molecular weight excluding hydrogens is 284 g/mol. The third kappa shape index (κ3) is 2.97. The molecule has 0 saturated carbocycles. The molecule has 0 spiro atoms. The van der Waals surface area contributed by atoms with Crippen molar-refractivity contribution in [2.75, 3.05) is 12.4 Å². The van der Waals surface area contributed by atoms with Crippen LogP contribution in [-0.2, 0) is 4.74 Å². The molecule has 1 aromatic carbocycles. The van der Waals surface area contributed by atoms with Crippen LogP contribution >= 0.6 is 11.6 Å². The zero-order valence-corrected chi connectivity index (χ0v) is 11.5. The Kier molecular flexibility index (Phi) is 4.05. The molecule has 0 aliphatic rings. The summed E-state index contributed by atoms with van der Waals surface area (Å²) in [6.07, 6.45) is 0. The summed E-state index contributed by atoms with van der Waals surface area (Å²) >= 11 is 5.97. The van der Waals surface area contributed by atoms with Gasteiger partial charge < -0.3 is 14.6 Å². The summed E-state index contributed by atoms with van der Waals surface area (Å²) in [5.41, 5.74) is 0.700. The van der Waals surface area contributed by atoms with Gasteiger partial charge in [-0.2, -0.15) is 0 Å². The standard InChI is InChI=1S/C13H11ClN2O4/c1-7-5-11(16-20-7)12(17)15-10-6-8(13(18)19-2)3-4-9(10)14/h3-6H,1-2H3,(H,15,17). The quantitative estimate of drug-likeness (QED) is 0.880.